The van der Waals surface area contributed by atoms with Gasteiger partial charge in [0.05, 0.1) is 16.4 Å². The highest BCUT2D eigenvalue weighted by atomic mass is 35.5. The first-order valence-corrected chi connectivity index (χ1v) is 14.9. The molecule has 0 saturated heterocycles. The highest BCUT2D eigenvalue weighted by molar-refractivity contribution is 6.35. The number of carbonyl (C=O) groups excluding carboxylic acids is 1. The third-order valence-corrected chi connectivity index (χ3v) is 9.98. The Morgan fingerprint density at radius 2 is 1.55 bits per heavy atom. The standard InChI is InChI=1S/C31H34Cl3N3O/c1-19-24(17-36-30(38)35-9-8-31-14-20-10-21(15-31)12-22(11-20)16-31)18-37(28-7-6-26(33)13-27(28)34)29(19)23-2-4-25(32)5-3-23/h2-7,13,18,20-22H,8-12,14-17H2,1H3,(H2,35,36,38). The van der Waals surface area contributed by atoms with Gasteiger partial charge in [-0.05, 0) is 122 Å². The quantitative estimate of drug-likeness (QED) is 0.293. The van der Waals surface area contributed by atoms with Gasteiger partial charge in [-0.1, -0.05) is 46.9 Å². The molecule has 0 radical (unpaired) electrons. The number of rotatable bonds is 7. The van der Waals surface area contributed by atoms with Crippen LogP contribution in [0, 0.1) is 30.1 Å². The highest BCUT2D eigenvalue weighted by Crippen LogP contribution is 2.61. The maximum absolute atomic E-state index is 12.8. The van der Waals surface area contributed by atoms with E-state index in [9.17, 15) is 4.79 Å². The normalized spacial score (nSPS) is 25.5. The van der Waals surface area contributed by atoms with Crippen molar-refractivity contribution in [1.82, 2.24) is 15.2 Å². The number of amides is 2. The summed E-state index contributed by atoms with van der Waals surface area (Å²) in [5.74, 6) is 2.81. The Kier molecular flexibility index (Phi) is 7.17. The molecule has 2 amide bonds. The van der Waals surface area contributed by atoms with Gasteiger partial charge in [0.25, 0.3) is 0 Å². The van der Waals surface area contributed by atoms with E-state index >= 15 is 0 Å². The minimum atomic E-state index is -0.112. The predicted octanol–water partition coefficient (Wildman–Crippen LogP) is 8.82. The molecule has 1 heterocycles. The van der Waals surface area contributed by atoms with E-state index in [0.29, 0.717) is 27.0 Å². The summed E-state index contributed by atoms with van der Waals surface area (Å²) >= 11 is 18.9. The Morgan fingerprint density at radius 3 is 2.18 bits per heavy atom. The van der Waals surface area contributed by atoms with Crippen LogP contribution in [0.5, 0.6) is 0 Å². The molecule has 4 aliphatic rings. The number of nitrogens with zero attached hydrogens (tertiary/aromatic N) is 1. The monoisotopic (exact) mass is 569 g/mol. The van der Waals surface area contributed by atoms with Crippen molar-refractivity contribution < 1.29 is 4.79 Å². The zero-order chi connectivity index (χ0) is 26.4. The smallest absolute Gasteiger partial charge is 0.315 e. The average molecular weight is 571 g/mol. The van der Waals surface area contributed by atoms with Gasteiger partial charge in [0.2, 0.25) is 0 Å². The molecule has 0 unspecified atom stereocenters. The van der Waals surface area contributed by atoms with Crippen molar-refractivity contribution in [2.24, 2.45) is 23.2 Å². The van der Waals surface area contributed by atoms with E-state index in [1.807, 2.05) is 42.6 Å². The second kappa shape index (κ2) is 10.4. The molecule has 0 aliphatic heterocycles. The van der Waals surface area contributed by atoms with Crippen LogP contribution < -0.4 is 10.6 Å². The van der Waals surface area contributed by atoms with E-state index in [-0.39, 0.29) is 6.03 Å². The Labute approximate surface area is 240 Å². The van der Waals surface area contributed by atoms with Gasteiger partial charge in [-0.3, -0.25) is 0 Å². The van der Waals surface area contributed by atoms with Gasteiger partial charge in [-0.2, -0.15) is 0 Å². The zero-order valence-corrected chi connectivity index (χ0v) is 24.0. The lowest BCUT2D eigenvalue weighted by molar-refractivity contribution is -0.0563. The Balaban J connectivity index is 1.15. The number of hydrogen-bond acceptors (Lipinski definition) is 1. The molecular formula is C31H34Cl3N3O. The SMILES string of the molecule is Cc1c(CNC(=O)NCCC23CC4CC(CC(C4)C2)C3)cn(-c2ccc(Cl)cc2Cl)c1-c1ccc(Cl)cc1. The van der Waals surface area contributed by atoms with Crippen molar-refractivity contribution in [2.75, 3.05) is 6.54 Å². The van der Waals surface area contributed by atoms with E-state index in [2.05, 4.69) is 22.1 Å². The lowest BCUT2D eigenvalue weighted by Gasteiger charge is -2.57. The van der Waals surface area contributed by atoms with Crippen molar-refractivity contribution in [1.29, 1.82) is 0 Å². The van der Waals surface area contributed by atoms with Gasteiger partial charge in [0, 0.05) is 29.3 Å². The maximum atomic E-state index is 12.8. The van der Waals surface area contributed by atoms with E-state index in [1.54, 1.807) is 6.07 Å². The topological polar surface area (TPSA) is 46.1 Å². The molecule has 0 atom stereocenters. The molecule has 1 aromatic heterocycles. The molecule has 3 aromatic rings. The van der Waals surface area contributed by atoms with Crippen molar-refractivity contribution >= 4 is 40.8 Å². The minimum absolute atomic E-state index is 0.112. The van der Waals surface area contributed by atoms with Crippen molar-refractivity contribution in [3.05, 3.63) is 74.9 Å². The van der Waals surface area contributed by atoms with Crippen LogP contribution in [0.15, 0.2) is 48.7 Å². The number of halogens is 3. The summed E-state index contributed by atoms with van der Waals surface area (Å²) < 4.78 is 2.07. The molecular weight excluding hydrogens is 537 g/mol. The molecule has 0 spiro atoms. The van der Waals surface area contributed by atoms with Crippen molar-refractivity contribution in [2.45, 2.75) is 58.4 Å². The maximum Gasteiger partial charge on any atom is 0.315 e. The Morgan fingerprint density at radius 1 is 0.921 bits per heavy atom. The molecule has 38 heavy (non-hydrogen) atoms. The molecule has 4 fully saturated rings. The first-order valence-electron chi connectivity index (χ1n) is 13.7. The number of aromatic nitrogens is 1. The third kappa shape index (κ3) is 5.20. The van der Waals surface area contributed by atoms with Crippen LogP contribution in [0.2, 0.25) is 15.1 Å². The lowest BCUT2D eigenvalue weighted by Crippen LogP contribution is -2.47. The van der Waals surface area contributed by atoms with Crippen LogP contribution in [0.3, 0.4) is 0 Å². The summed E-state index contributed by atoms with van der Waals surface area (Å²) in [5, 5.41) is 8.06. The Bertz CT molecular complexity index is 1310. The first kappa shape index (κ1) is 26.1. The number of hydrogen-bond donors (Lipinski definition) is 2. The molecule has 7 heteroatoms. The summed E-state index contributed by atoms with van der Waals surface area (Å²) in [6.45, 7) is 3.24. The molecule has 7 rings (SSSR count). The van der Waals surface area contributed by atoms with Crippen LogP contribution >= 0.6 is 34.8 Å². The van der Waals surface area contributed by atoms with E-state index < -0.39 is 0 Å². The second-order valence-electron chi connectivity index (χ2n) is 11.9. The fourth-order valence-corrected chi connectivity index (χ4v) is 8.56. The van der Waals surface area contributed by atoms with Gasteiger partial charge in [-0.15, -0.1) is 0 Å². The number of benzene rings is 2. The fraction of sp³-hybridized carbons (Fsp3) is 0.452. The van der Waals surface area contributed by atoms with E-state index in [1.165, 1.54) is 38.5 Å². The van der Waals surface area contributed by atoms with Gasteiger partial charge >= 0.3 is 6.03 Å². The zero-order valence-electron chi connectivity index (χ0n) is 21.7. The largest absolute Gasteiger partial charge is 0.338 e. The summed E-state index contributed by atoms with van der Waals surface area (Å²) in [4.78, 5) is 12.8. The van der Waals surface area contributed by atoms with Gasteiger partial charge in [0.15, 0.2) is 0 Å². The molecule has 2 aromatic carbocycles. The van der Waals surface area contributed by atoms with Crippen LogP contribution in [-0.4, -0.2) is 17.1 Å². The number of carbonyl (C=O) groups is 1. The highest BCUT2D eigenvalue weighted by Gasteiger charge is 2.50. The van der Waals surface area contributed by atoms with Crippen molar-refractivity contribution in [3.8, 4) is 16.9 Å². The molecule has 200 valence electrons. The molecule has 4 bridgehead atoms. The summed E-state index contributed by atoms with van der Waals surface area (Å²) in [7, 11) is 0. The first-order chi connectivity index (χ1) is 18.3. The average Bonchev–Trinajstić information content (AvgIpc) is 3.18. The fourth-order valence-electron chi connectivity index (χ4n) is 7.93. The van der Waals surface area contributed by atoms with Gasteiger partial charge in [0.1, 0.15) is 0 Å². The van der Waals surface area contributed by atoms with Crippen LogP contribution in [0.4, 0.5) is 4.79 Å². The number of urea groups is 1. The van der Waals surface area contributed by atoms with Crippen molar-refractivity contribution in [3.63, 3.8) is 0 Å². The Hall–Kier alpha value is -2.14. The van der Waals surface area contributed by atoms with Crippen LogP contribution in [0.25, 0.3) is 16.9 Å². The molecule has 4 saturated carbocycles. The van der Waals surface area contributed by atoms with Crippen LogP contribution in [-0.2, 0) is 6.54 Å². The molecule has 4 aliphatic carbocycles. The summed E-state index contributed by atoms with van der Waals surface area (Å²) in [6, 6.07) is 13.1. The summed E-state index contributed by atoms with van der Waals surface area (Å²) in [5.41, 5.74) is 5.43. The lowest BCUT2D eigenvalue weighted by atomic mass is 9.49. The molecule has 2 N–H and O–H groups in total. The predicted molar refractivity (Wildman–Crippen MR) is 156 cm³/mol. The van der Waals surface area contributed by atoms with E-state index in [0.717, 1.165) is 58.8 Å². The molecule has 4 nitrogen and oxygen atoms in total. The van der Waals surface area contributed by atoms with Crippen LogP contribution in [0.1, 0.15) is 56.1 Å². The third-order valence-electron chi connectivity index (χ3n) is 9.19. The number of nitrogens with one attached hydrogen (secondary N) is 2. The van der Waals surface area contributed by atoms with Gasteiger partial charge in [-0.25, -0.2) is 4.79 Å². The van der Waals surface area contributed by atoms with Gasteiger partial charge < -0.3 is 15.2 Å². The van der Waals surface area contributed by atoms with E-state index in [4.69, 9.17) is 34.8 Å². The summed E-state index contributed by atoms with van der Waals surface area (Å²) in [6.07, 6.45) is 11.6. The minimum Gasteiger partial charge on any atom is -0.338 e. The second-order valence-corrected chi connectivity index (χ2v) is 13.2.